The van der Waals surface area contributed by atoms with Crippen molar-refractivity contribution in [3.8, 4) is 0 Å². The van der Waals surface area contributed by atoms with Crippen LogP contribution in [0.15, 0.2) is 29.8 Å². The van der Waals surface area contributed by atoms with Crippen LogP contribution in [0.25, 0.3) is 10.2 Å². The van der Waals surface area contributed by atoms with Crippen molar-refractivity contribution >= 4 is 21.6 Å². The van der Waals surface area contributed by atoms with Crippen LogP contribution in [-0.4, -0.2) is 4.98 Å². The van der Waals surface area contributed by atoms with Gasteiger partial charge in [0.25, 0.3) is 0 Å². The first-order chi connectivity index (χ1) is 4.47. The molecule has 0 aliphatic heterocycles. The number of rotatable bonds is 0. The Balaban J connectivity index is 0.000000500. The van der Waals surface area contributed by atoms with Crippen molar-refractivity contribution in [1.29, 1.82) is 0 Å². The number of fused-ring (bicyclic) bond motifs is 1. The molecule has 0 saturated heterocycles. The molecule has 0 radical (unpaired) electrons. The number of nitrogens with zero attached hydrogens (tertiary/aromatic N) is 1. The van der Waals surface area contributed by atoms with Gasteiger partial charge in [-0.25, -0.2) is 4.98 Å². The largest absolute Gasteiger partial charge is 1.00 e. The predicted octanol–water partition coefficient (Wildman–Crippen LogP) is -0.700. The summed E-state index contributed by atoms with van der Waals surface area (Å²) in [6.07, 6.45) is 0. The fraction of sp³-hybridized carbons (Fsp3) is 0. The molecule has 0 unspecified atom stereocenters. The second-order valence-corrected chi connectivity index (χ2v) is 2.71. The zero-order chi connectivity index (χ0) is 6.10. The minimum Gasteiger partial charge on any atom is -0.245 e. The SMILES string of the molecule is [K+].c1ccc2scnc2c1. The fourth-order valence-electron chi connectivity index (χ4n) is 0.803. The minimum absolute atomic E-state index is 0. The molecule has 1 aromatic carbocycles. The Morgan fingerprint density at radius 1 is 1.20 bits per heavy atom. The van der Waals surface area contributed by atoms with Gasteiger partial charge >= 0.3 is 51.4 Å². The van der Waals surface area contributed by atoms with E-state index in [0.717, 1.165) is 5.52 Å². The number of aromatic nitrogens is 1. The maximum Gasteiger partial charge on any atom is 1.00 e. The van der Waals surface area contributed by atoms with Crippen molar-refractivity contribution in [3.05, 3.63) is 29.8 Å². The van der Waals surface area contributed by atoms with Gasteiger partial charge in [0.15, 0.2) is 0 Å². The van der Waals surface area contributed by atoms with Crippen molar-refractivity contribution in [2.24, 2.45) is 0 Å². The number of benzene rings is 1. The van der Waals surface area contributed by atoms with E-state index >= 15 is 0 Å². The van der Waals surface area contributed by atoms with Crippen molar-refractivity contribution in [2.45, 2.75) is 0 Å². The van der Waals surface area contributed by atoms with E-state index in [1.165, 1.54) is 4.70 Å². The molecule has 1 nitrogen and oxygen atoms in total. The first kappa shape index (κ1) is 8.84. The molecule has 0 N–H and O–H groups in total. The van der Waals surface area contributed by atoms with Gasteiger partial charge < -0.3 is 0 Å². The number of thiazole rings is 1. The third-order valence-corrected chi connectivity index (χ3v) is 2.05. The Labute approximate surface area is 106 Å². The first-order valence-electron chi connectivity index (χ1n) is 2.75. The maximum absolute atomic E-state index is 4.14. The molecule has 2 aromatic rings. The Morgan fingerprint density at radius 3 is 2.80 bits per heavy atom. The summed E-state index contributed by atoms with van der Waals surface area (Å²) >= 11 is 1.68. The summed E-state index contributed by atoms with van der Waals surface area (Å²) in [4.78, 5) is 4.14. The van der Waals surface area contributed by atoms with E-state index in [4.69, 9.17) is 0 Å². The van der Waals surface area contributed by atoms with Crippen LogP contribution in [0.1, 0.15) is 0 Å². The number of para-hydroxylation sites is 1. The van der Waals surface area contributed by atoms with E-state index < -0.39 is 0 Å². The van der Waals surface area contributed by atoms with Crippen LogP contribution in [-0.2, 0) is 0 Å². The van der Waals surface area contributed by atoms with Gasteiger partial charge in [-0.15, -0.1) is 11.3 Å². The average Bonchev–Trinajstić information content (AvgIpc) is 2.33. The first-order valence-corrected chi connectivity index (χ1v) is 3.63. The van der Waals surface area contributed by atoms with E-state index in [0.29, 0.717) is 0 Å². The van der Waals surface area contributed by atoms with Crippen LogP contribution in [0.3, 0.4) is 0 Å². The molecule has 0 spiro atoms. The Bertz CT molecular complexity index is 288. The van der Waals surface area contributed by atoms with Gasteiger partial charge in [0.05, 0.1) is 15.7 Å². The summed E-state index contributed by atoms with van der Waals surface area (Å²) in [7, 11) is 0. The van der Waals surface area contributed by atoms with E-state index in [2.05, 4.69) is 11.1 Å². The van der Waals surface area contributed by atoms with Crippen LogP contribution in [0.5, 0.6) is 0 Å². The molecular weight excluding hydrogens is 169 g/mol. The Hall–Kier alpha value is 0.746. The minimum atomic E-state index is 0. The van der Waals surface area contributed by atoms with Gasteiger partial charge in [-0.05, 0) is 12.1 Å². The van der Waals surface area contributed by atoms with Crippen molar-refractivity contribution in [2.75, 3.05) is 0 Å². The molecule has 0 saturated carbocycles. The third-order valence-electron chi connectivity index (χ3n) is 1.24. The Kier molecular flexibility index (Phi) is 3.49. The van der Waals surface area contributed by atoms with Crippen LogP contribution in [0.4, 0.5) is 0 Å². The summed E-state index contributed by atoms with van der Waals surface area (Å²) in [6.45, 7) is 0. The Morgan fingerprint density at radius 2 is 2.00 bits per heavy atom. The molecule has 0 aliphatic carbocycles. The van der Waals surface area contributed by atoms with E-state index in [1.807, 2.05) is 23.7 Å². The van der Waals surface area contributed by atoms with Gasteiger partial charge in [-0.2, -0.15) is 0 Å². The summed E-state index contributed by atoms with van der Waals surface area (Å²) < 4.78 is 1.26. The van der Waals surface area contributed by atoms with Gasteiger partial charge in [-0.1, -0.05) is 12.1 Å². The van der Waals surface area contributed by atoms with Gasteiger partial charge in [0.1, 0.15) is 0 Å². The smallest absolute Gasteiger partial charge is 0.245 e. The van der Waals surface area contributed by atoms with Crippen LogP contribution >= 0.6 is 11.3 Å². The predicted molar refractivity (Wildman–Crippen MR) is 39.6 cm³/mol. The van der Waals surface area contributed by atoms with E-state index in [-0.39, 0.29) is 51.4 Å². The summed E-state index contributed by atoms with van der Waals surface area (Å²) in [6, 6.07) is 8.13. The van der Waals surface area contributed by atoms with E-state index in [1.54, 1.807) is 11.3 Å². The summed E-state index contributed by atoms with van der Waals surface area (Å²) in [5.74, 6) is 0. The molecule has 0 atom stereocenters. The number of hydrogen-bond acceptors (Lipinski definition) is 2. The van der Waals surface area contributed by atoms with E-state index in [9.17, 15) is 0 Å². The molecule has 0 fully saturated rings. The van der Waals surface area contributed by atoms with Crippen LogP contribution in [0.2, 0.25) is 0 Å². The van der Waals surface area contributed by atoms with Gasteiger partial charge in [0.2, 0.25) is 0 Å². The van der Waals surface area contributed by atoms with Gasteiger partial charge in [0, 0.05) is 0 Å². The van der Waals surface area contributed by atoms with Gasteiger partial charge in [-0.3, -0.25) is 0 Å². The molecule has 3 heteroatoms. The average molecular weight is 174 g/mol. The quantitative estimate of drug-likeness (QED) is 0.481. The second kappa shape index (κ2) is 3.95. The molecule has 1 heterocycles. The molecule has 0 bridgehead atoms. The molecule has 10 heavy (non-hydrogen) atoms. The normalized spacial score (nSPS) is 9.20. The zero-order valence-corrected chi connectivity index (χ0v) is 9.68. The summed E-state index contributed by atoms with van der Waals surface area (Å²) in [5, 5.41) is 0. The third kappa shape index (κ3) is 1.67. The molecule has 44 valence electrons. The molecule has 1 aromatic heterocycles. The number of hydrogen-bond donors (Lipinski definition) is 0. The van der Waals surface area contributed by atoms with Crippen molar-refractivity contribution < 1.29 is 51.4 Å². The fourth-order valence-corrected chi connectivity index (χ4v) is 1.48. The topological polar surface area (TPSA) is 12.9 Å². The molecule has 2 rings (SSSR count). The molecule has 0 aliphatic rings. The second-order valence-electron chi connectivity index (χ2n) is 1.82. The maximum atomic E-state index is 4.14. The van der Waals surface area contributed by atoms with Crippen molar-refractivity contribution in [3.63, 3.8) is 0 Å². The zero-order valence-electron chi connectivity index (χ0n) is 5.74. The standard InChI is InChI=1S/C7H5NS.K/c1-2-4-7-6(3-1)8-5-9-7;/h1-5H;/q;+1. The summed E-state index contributed by atoms with van der Waals surface area (Å²) in [5.41, 5.74) is 2.97. The monoisotopic (exact) mass is 174 g/mol. The van der Waals surface area contributed by atoms with Crippen LogP contribution in [0, 0.1) is 0 Å². The van der Waals surface area contributed by atoms with Crippen LogP contribution < -0.4 is 51.4 Å². The molecule has 0 amide bonds. The molecular formula is C7H5KNS+. The van der Waals surface area contributed by atoms with Crippen molar-refractivity contribution in [1.82, 2.24) is 4.98 Å².